The molecule has 3 aromatic heterocycles. The largest absolute Gasteiger partial charge is 0.392 e. The predicted octanol–water partition coefficient (Wildman–Crippen LogP) is 3.82. The molecule has 3 N–H and O–H groups in total. The molecule has 1 aliphatic carbocycles. The summed E-state index contributed by atoms with van der Waals surface area (Å²) in [7, 11) is 0. The Morgan fingerprint density at radius 1 is 1.05 bits per heavy atom. The molecule has 11 heteroatoms. The van der Waals surface area contributed by atoms with Crippen molar-refractivity contribution in [3.8, 4) is 17.1 Å². The molecular weight excluding hydrogens is 547 g/mol. The monoisotopic (exact) mass is 580 g/mol. The highest BCUT2D eigenvalue weighted by atomic mass is 19.1. The highest BCUT2D eigenvalue weighted by molar-refractivity contribution is 5.83. The molecule has 1 saturated heterocycles. The minimum atomic E-state index is -0.533. The fraction of sp³-hybridized carbons (Fsp3) is 0.344. The Bertz CT molecular complexity index is 1870. The van der Waals surface area contributed by atoms with E-state index in [2.05, 4.69) is 25.0 Å². The first-order chi connectivity index (χ1) is 21.0. The minimum absolute atomic E-state index is 0.0221. The molecule has 2 aromatic carbocycles. The molecule has 1 aliphatic heterocycles. The van der Waals surface area contributed by atoms with Gasteiger partial charge in [-0.3, -0.25) is 14.0 Å². The number of nitrogens with two attached hydrogens (primary N) is 1. The molecule has 0 unspecified atom stereocenters. The van der Waals surface area contributed by atoms with Crippen LogP contribution >= 0.6 is 0 Å². The van der Waals surface area contributed by atoms with Crippen LogP contribution in [0.2, 0.25) is 0 Å². The van der Waals surface area contributed by atoms with Crippen LogP contribution in [0.15, 0.2) is 59.8 Å². The zero-order valence-electron chi connectivity index (χ0n) is 23.8. The van der Waals surface area contributed by atoms with Gasteiger partial charge >= 0.3 is 0 Å². The molecule has 0 bridgehead atoms. The number of fused-ring (bicyclic) bond motifs is 1. The maximum absolute atomic E-state index is 15.2. The van der Waals surface area contributed by atoms with Gasteiger partial charge < -0.3 is 15.7 Å². The highest BCUT2D eigenvalue weighted by Crippen LogP contribution is 2.41. The van der Waals surface area contributed by atoms with Crippen LogP contribution in [0.1, 0.15) is 54.1 Å². The summed E-state index contributed by atoms with van der Waals surface area (Å²) < 4.78 is 18.5. The summed E-state index contributed by atoms with van der Waals surface area (Å²) in [6.45, 7) is 3.68. The normalized spacial score (nSPS) is 15.5. The van der Waals surface area contributed by atoms with Gasteiger partial charge in [0.2, 0.25) is 5.95 Å². The van der Waals surface area contributed by atoms with Crippen LogP contribution in [-0.2, 0) is 19.6 Å². The van der Waals surface area contributed by atoms with Crippen LogP contribution in [0.3, 0.4) is 0 Å². The summed E-state index contributed by atoms with van der Waals surface area (Å²) in [5, 5.41) is 15.6. The van der Waals surface area contributed by atoms with E-state index in [9.17, 15) is 9.90 Å². The Balaban J connectivity index is 1.20. The average molecular weight is 581 g/mol. The van der Waals surface area contributed by atoms with E-state index in [1.165, 1.54) is 23.5 Å². The molecule has 0 amide bonds. The van der Waals surface area contributed by atoms with E-state index in [4.69, 9.17) is 5.73 Å². The standard InChI is InChI=1S/C32H33FN8O2/c33-26-16-23(21-6-7-21)15-22-8-11-41(31(43)29(22)26)27-5-3-4-24(25(27)19-42)30-36-28(37-32(34)38-30)14-20-17-35-40(18-20)13-12-39-9-1-2-10-39/h3-5,8,11,15-18,21,42H,1-2,6-7,9-10,12-14,19H2,(H2,34,36,37,38). The molecule has 2 fully saturated rings. The number of hydrogen-bond acceptors (Lipinski definition) is 8. The molecule has 0 radical (unpaired) electrons. The van der Waals surface area contributed by atoms with Crippen molar-refractivity contribution in [2.24, 2.45) is 0 Å². The van der Waals surface area contributed by atoms with E-state index in [-0.39, 0.29) is 17.2 Å². The maximum atomic E-state index is 15.2. The summed E-state index contributed by atoms with van der Waals surface area (Å²) in [4.78, 5) is 29.4. The van der Waals surface area contributed by atoms with Gasteiger partial charge in [0.25, 0.3) is 5.56 Å². The van der Waals surface area contributed by atoms with Crippen molar-refractivity contribution in [3.63, 3.8) is 0 Å². The lowest BCUT2D eigenvalue weighted by Gasteiger charge is -2.16. The number of aliphatic hydroxyl groups excluding tert-OH is 1. The number of rotatable bonds is 9. The van der Waals surface area contributed by atoms with Gasteiger partial charge in [0.05, 0.1) is 30.4 Å². The third kappa shape index (κ3) is 5.53. The SMILES string of the molecule is Nc1nc(Cc2cnn(CCN3CCCC3)c2)nc(-c2cccc(-n3ccc4cc(C5CC5)cc(F)c4c3=O)c2CO)n1. The predicted molar refractivity (Wildman–Crippen MR) is 161 cm³/mol. The van der Waals surface area contributed by atoms with E-state index in [0.29, 0.717) is 40.4 Å². The van der Waals surface area contributed by atoms with Gasteiger partial charge in [-0.25, -0.2) is 9.37 Å². The first kappa shape index (κ1) is 27.4. The van der Waals surface area contributed by atoms with Crippen molar-refractivity contribution < 1.29 is 9.50 Å². The number of likely N-dealkylation sites (tertiary alicyclic amines) is 1. The smallest absolute Gasteiger partial charge is 0.265 e. The average Bonchev–Trinajstić information content (AvgIpc) is 3.54. The van der Waals surface area contributed by atoms with Crippen LogP contribution in [0, 0.1) is 5.82 Å². The number of anilines is 1. The number of benzene rings is 2. The van der Waals surface area contributed by atoms with Crippen LogP contribution in [0.25, 0.3) is 27.8 Å². The fourth-order valence-electron chi connectivity index (χ4n) is 6.06. The summed E-state index contributed by atoms with van der Waals surface area (Å²) >= 11 is 0. The second kappa shape index (κ2) is 11.3. The van der Waals surface area contributed by atoms with Crippen molar-refractivity contribution in [2.75, 3.05) is 25.4 Å². The summed E-state index contributed by atoms with van der Waals surface area (Å²) in [6.07, 6.45) is 10.4. The lowest BCUT2D eigenvalue weighted by molar-refractivity contribution is 0.282. The van der Waals surface area contributed by atoms with E-state index >= 15 is 4.39 Å². The Morgan fingerprint density at radius 2 is 1.88 bits per heavy atom. The zero-order chi connectivity index (χ0) is 29.5. The Kier molecular flexibility index (Phi) is 7.20. The van der Waals surface area contributed by atoms with Gasteiger partial charge in [0.15, 0.2) is 5.82 Å². The minimum Gasteiger partial charge on any atom is -0.392 e. The molecule has 0 spiro atoms. The highest BCUT2D eigenvalue weighted by Gasteiger charge is 2.25. The molecule has 220 valence electrons. The topological polar surface area (TPSA) is 128 Å². The van der Waals surface area contributed by atoms with Gasteiger partial charge in [-0.15, -0.1) is 0 Å². The number of aliphatic hydroxyl groups is 1. The van der Waals surface area contributed by atoms with Crippen molar-refractivity contribution >= 4 is 16.7 Å². The molecule has 2 aliphatic rings. The number of nitrogen functional groups attached to an aromatic ring is 1. The second-order valence-corrected chi connectivity index (χ2v) is 11.5. The van der Waals surface area contributed by atoms with Crippen molar-refractivity contribution in [3.05, 3.63) is 93.7 Å². The molecule has 7 rings (SSSR count). The van der Waals surface area contributed by atoms with E-state index in [1.54, 1.807) is 30.5 Å². The number of aromatic nitrogens is 6. The van der Waals surface area contributed by atoms with Crippen LogP contribution in [-0.4, -0.2) is 58.9 Å². The van der Waals surface area contributed by atoms with E-state index in [0.717, 1.165) is 50.1 Å². The number of pyridine rings is 1. The molecule has 4 heterocycles. The van der Waals surface area contributed by atoms with Crippen molar-refractivity contribution in [1.29, 1.82) is 0 Å². The summed E-state index contributed by atoms with van der Waals surface area (Å²) in [5.74, 6) is 0.630. The van der Waals surface area contributed by atoms with Crippen LogP contribution < -0.4 is 11.3 Å². The van der Waals surface area contributed by atoms with Gasteiger partial charge in [0.1, 0.15) is 11.6 Å². The first-order valence-electron chi connectivity index (χ1n) is 14.8. The quantitative estimate of drug-likeness (QED) is 0.269. The van der Waals surface area contributed by atoms with Crippen molar-refractivity contribution in [1.82, 2.24) is 34.2 Å². The fourth-order valence-corrected chi connectivity index (χ4v) is 6.06. The Morgan fingerprint density at radius 3 is 2.67 bits per heavy atom. The van der Waals surface area contributed by atoms with Gasteiger partial charge in [-0.1, -0.05) is 18.2 Å². The molecule has 43 heavy (non-hydrogen) atoms. The lowest BCUT2D eigenvalue weighted by Crippen LogP contribution is -2.24. The van der Waals surface area contributed by atoms with Crippen LogP contribution in [0.4, 0.5) is 10.3 Å². The number of nitrogens with zero attached hydrogens (tertiary/aromatic N) is 7. The maximum Gasteiger partial charge on any atom is 0.265 e. The summed E-state index contributed by atoms with van der Waals surface area (Å²) in [6, 6.07) is 10.3. The molecule has 1 saturated carbocycles. The van der Waals surface area contributed by atoms with Gasteiger partial charge in [-0.05, 0) is 79.4 Å². The van der Waals surface area contributed by atoms with Gasteiger partial charge in [0, 0.05) is 36.5 Å². The lowest BCUT2D eigenvalue weighted by atomic mass is 10.0. The Hall–Kier alpha value is -4.48. The van der Waals surface area contributed by atoms with E-state index < -0.39 is 18.0 Å². The van der Waals surface area contributed by atoms with Crippen molar-refractivity contribution in [2.45, 2.75) is 51.2 Å². The van der Waals surface area contributed by atoms with Crippen LogP contribution in [0.5, 0.6) is 0 Å². The van der Waals surface area contributed by atoms with Gasteiger partial charge in [-0.2, -0.15) is 15.1 Å². The Labute approximate surface area is 247 Å². The zero-order valence-corrected chi connectivity index (χ0v) is 23.8. The first-order valence-corrected chi connectivity index (χ1v) is 14.8. The molecule has 5 aromatic rings. The molecule has 10 nitrogen and oxygen atoms in total. The third-order valence-corrected chi connectivity index (χ3v) is 8.43. The molecular formula is C32H33FN8O2. The number of halogens is 1. The third-order valence-electron chi connectivity index (χ3n) is 8.43. The molecule has 0 atom stereocenters. The second-order valence-electron chi connectivity index (χ2n) is 11.5. The van der Waals surface area contributed by atoms with E-state index in [1.807, 2.05) is 23.1 Å². The summed E-state index contributed by atoms with van der Waals surface area (Å²) in [5.41, 5.74) is 8.83. The number of hydrogen-bond donors (Lipinski definition) is 2.